The first kappa shape index (κ1) is 25.6. The predicted molar refractivity (Wildman–Crippen MR) is 150 cm³/mol. The number of nitrogens with one attached hydrogen (secondary N) is 2. The summed E-state index contributed by atoms with van der Waals surface area (Å²) in [5.41, 5.74) is 1.87. The number of rotatable bonds is 6. The fourth-order valence-electron chi connectivity index (χ4n) is 3.53. The van der Waals surface area contributed by atoms with Crippen molar-refractivity contribution in [1.82, 2.24) is 9.38 Å². The molecule has 2 heterocycles. The van der Waals surface area contributed by atoms with E-state index in [1.165, 1.54) is 22.6 Å². The first-order valence-corrected chi connectivity index (χ1v) is 13.2. The van der Waals surface area contributed by atoms with Gasteiger partial charge in [-0.2, -0.15) is 0 Å². The zero-order chi connectivity index (χ0) is 25.3. The molecule has 0 aliphatic rings. The van der Waals surface area contributed by atoms with Crippen LogP contribution in [0.4, 0.5) is 11.4 Å². The number of hydrogen-bond donors (Lipinski definition) is 2. The molecule has 4 aromatic rings. The first-order chi connectivity index (χ1) is 16.7. The summed E-state index contributed by atoms with van der Waals surface area (Å²) in [4.78, 5) is 44.6. The van der Waals surface area contributed by atoms with Crippen LogP contribution in [0.3, 0.4) is 0 Å². The molecule has 0 saturated heterocycles. The standard InChI is InChI=1S/C24H19Cl2IN4O3S/c1-3-4-16-11-19(32)31-20(22(33)30-18-6-5-15(27)7-12(18)2)21(35-24(31)29-16)23(34)28-17-9-13(25)8-14(26)10-17/h5-11H,3-4H2,1-2H3,(H,28,34)(H,30,33). The monoisotopic (exact) mass is 640 g/mol. The molecule has 0 atom stereocenters. The van der Waals surface area contributed by atoms with Crippen LogP contribution < -0.4 is 16.2 Å². The molecule has 11 heteroatoms. The first-order valence-electron chi connectivity index (χ1n) is 10.6. The minimum absolute atomic E-state index is 0.0417. The molecule has 2 N–H and O–H groups in total. The summed E-state index contributed by atoms with van der Waals surface area (Å²) in [6, 6.07) is 11.6. The number of thiazole rings is 1. The third kappa shape index (κ3) is 5.69. The van der Waals surface area contributed by atoms with Crippen molar-refractivity contribution in [2.45, 2.75) is 26.7 Å². The summed E-state index contributed by atoms with van der Waals surface area (Å²) in [6.07, 6.45) is 1.41. The van der Waals surface area contributed by atoms with Gasteiger partial charge in [-0.3, -0.25) is 14.4 Å². The van der Waals surface area contributed by atoms with Crippen molar-refractivity contribution in [1.29, 1.82) is 0 Å². The van der Waals surface area contributed by atoms with Crippen LogP contribution in [-0.4, -0.2) is 21.2 Å². The van der Waals surface area contributed by atoms with E-state index in [0.717, 1.165) is 26.9 Å². The number of aromatic nitrogens is 2. The molecular weight excluding hydrogens is 622 g/mol. The van der Waals surface area contributed by atoms with Gasteiger partial charge in [-0.15, -0.1) is 0 Å². The van der Waals surface area contributed by atoms with Gasteiger partial charge in [0.1, 0.15) is 10.6 Å². The minimum Gasteiger partial charge on any atom is -0.321 e. The Hall–Kier alpha value is -2.47. The highest BCUT2D eigenvalue weighted by molar-refractivity contribution is 14.1. The predicted octanol–water partition coefficient (Wildman–Crippen LogP) is 6.43. The number of benzene rings is 2. The van der Waals surface area contributed by atoms with Gasteiger partial charge in [0, 0.05) is 36.8 Å². The van der Waals surface area contributed by atoms with Gasteiger partial charge in [0.2, 0.25) is 0 Å². The van der Waals surface area contributed by atoms with Crippen molar-refractivity contribution in [2.75, 3.05) is 10.6 Å². The summed E-state index contributed by atoms with van der Waals surface area (Å²) < 4.78 is 2.20. The number of carbonyl (C=O) groups excluding carboxylic acids is 2. The zero-order valence-corrected chi connectivity index (χ0v) is 23.1. The van der Waals surface area contributed by atoms with Crippen molar-refractivity contribution < 1.29 is 9.59 Å². The number of nitrogens with zero attached hydrogens (tertiary/aromatic N) is 2. The normalized spacial score (nSPS) is 11.0. The van der Waals surface area contributed by atoms with Crippen LogP contribution in [0.2, 0.25) is 10.0 Å². The summed E-state index contributed by atoms with van der Waals surface area (Å²) in [6.45, 7) is 3.85. The van der Waals surface area contributed by atoms with E-state index in [1.807, 2.05) is 26.0 Å². The Morgan fingerprint density at radius 2 is 1.77 bits per heavy atom. The van der Waals surface area contributed by atoms with Gasteiger partial charge in [-0.1, -0.05) is 47.9 Å². The molecule has 0 bridgehead atoms. The minimum atomic E-state index is -0.595. The van der Waals surface area contributed by atoms with Crippen LogP contribution in [0.25, 0.3) is 4.96 Å². The van der Waals surface area contributed by atoms with Crippen molar-refractivity contribution in [3.63, 3.8) is 0 Å². The zero-order valence-electron chi connectivity index (χ0n) is 18.6. The number of hydrogen-bond acceptors (Lipinski definition) is 5. The molecule has 0 spiro atoms. The molecule has 7 nitrogen and oxygen atoms in total. The van der Waals surface area contributed by atoms with Gasteiger partial charge in [-0.05, 0) is 77.9 Å². The lowest BCUT2D eigenvalue weighted by Gasteiger charge is -2.11. The average Bonchev–Trinajstić information content (AvgIpc) is 3.15. The molecule has 0 fully saturated rings. The maximum absolute atomic E-state index is 13.5. The summed E-state index contributed by atoms with van der Waals surface area (Å²) >= 11 is 15.3. The lowest BCUT2D eigenvalue weighted by molar-refractivity contribution is 0.0989. The van der Waals surface area contributed by atoms with E-state index in [0.29, 0.717) is 33.5 Å². The molecule has 2 amide bonds. The molecule has 2 aromatic carbocycles. The fourth-order valence-corrected chi connectivity index (χ4v) is 5.74. The van der Waals surface area contributed by atoms with Gasteiger partial charge < -0.3 is 10.6 Å². The van der Waals surface area contributed by atoms with Crippen molar-refractivity contribution in [3.05, 3.63) is 88.3 Å². The number of carbonyl (C=O) groups is 2. The molecule has 0 radical (unpaired) electrons. The van der Waals surface area contributed by atoms with E-state index in [4.69, 9.17) is 23.2 Å². The second-order valence-electron chi connectivity index (χ2n) is 7.76. The molecular formula is C24H19Cl2IN4O3S. The Balaban J connectivity index is 1.82. The van der Waals surface area contributed by atoms with Gasteiger partial charge in [0.05, 0.1) is 0 Å². The molecule has 4 rings (SSSR count). The second-order valence-corrected chi connectivity index (χ2v) is 10.9. The highest BCUT2D eigenvalue weighted by Crippen LogP contribution is 2.27. The number of anilines is 2. The number of fused-ring (bicyclic) bond motifs is 1. The van der Waals surface area contributed by atoms with Crippen LogP contribution in [0.5, 0.6) is 0 Å². The molecule has 0 aliphatic carbocycles. The smallest absolute Gasteiger partial charge is 0.274 e. The van der Waals surface area contributed by atoms with Crippen LogP contribution in [0.15, 0.2) is 47.3 Å². The van der Waals surface area contributed by atoms with E-state index in [-0.39, 0.29) is 15.5 Å². The van der Waals surface area contributed by atoms with Crippen molar-refractivity contribution in [3.8, 4) is 0 Å². The topological polar surface area (TPSA) is 92.6 Å². The molecule has 2 aromatic heterocycles. The van der Waals surface area contributed by atoms with Crippen LogP contribution in [0, 0.1) is 10.5 Å². The number of halogens is 3. The Morgan fingerprint density at radius 1 is 1.06 bits per heavy atom. The van der Waals surface area contributed by atoms with Crippen molar-refractivity contribution in [2.24, 2.45) is 0 Å². The molecule has 0 aliphatic heterocycles. The average molecular weight is 641 g/mol. The Morgan fingerprint density at radius 3 is 2.43 bits per heavy atom. The van der Waals surface area contributed by atoms with Gasteiger partial charge in [0.15, 0.2) is 4.96 Å². The Labute approximate surface area is 228 Å². The van der Waals surface area contributed by atoms with Crippen LogP contribution in [0.1, 0.15) is 44.8 Å². The molecule has 0 saturated carbocycles. The van der Waals surface area contributed by atoms with Crippen LogP contribution >= 0.6 is 57.1 Å². The van der Waals surface area contributed by atoms with E-state index in [9.17, 15) is 14.4 Å². The maximum atomic E-state index is 13.5. The second kappa shape index (κ2) is 10.7. The van der Waals surface area contributed by atoms with Gasteiger partial charge >= 0.3 is 0 Å². The van der Waals surface area contributed by atoms with E-state index in [2.05, 4.69) is 38.2 Å². The summed E-state index contributed by atoms with van der Waals surface area (Å²) in [5.74, 6) is -1.18. The van der Waals surface area contributed by atoms with Gasteiger partial charge in [-0.25, -0.2) is 9.38 Å². The lowest BCUT2D eigenvalue weighted by atomic mass is 10.2. The highest BCUT2D eigenvalue weighted by Gasteiger charge is 2.27. The molecule has 35 heavy (non-hydrogen) atoms. The Bertz CT molecular complexity index is 1510. The summed E-state index contributed by atoms with van der Waals surface area (Å²) in [5, 5.41) is 6.24. The van der Waals surface area contributed by atoms with E-state index in [1.54, 1.807) is 12.1 Å². The quantitative estimate of drug-likeness (QED) is 0.238. The van der Waals surface area contributed by atoms with Gasteiger partial charge in [0.25, 0.3) is 17.4 Å². The third-order valence-electron chi connectivity index (χ3n) is 5.06. The lowest BCUT2D eigenvalue weighted by Crippen LogP contribution is -2.25. The third-order valence-corrected chi connectivity index (χ3v) is 7.20. The fraction of sp³-hybridized carbons (Fsp3) is 0.167. The largest absolute Gasteiger partial charge is 0.321 e. The summed E-state index contributed by atoms with van der Waals surface area (Å²) in [7, 11) is 0. The number of amides is 2. The van der Waals surface area contributed by atoms with Crippen LogP contribution in [-0.2, 0) is 6.42 Å². The number of aryl methyl sites for hydroxylation is 2. The Kier molecular flexibility index (Phi) is 7.80. The maximum Gasteiger partial charge on any atom is 0.274 e. The van der Waals surface area contributed by atoms with Crippen molar-refractivity contribution >= 4 is 85.3 Å². The molecule has 0 unspecified atom stereocenters. The van der Waals surface area contributed by atoms with E-state index < -0.39 is 17.4 Å². The SMILES string of the molecule is CCCc1cc(=O)n2c(C(=O)Nc3ccc(I)cc3C)c(C(=O)Nc3cc(Cl)cc(Cl)c3)sc2n1. The molecule has 180 valence electrons. The van der Waals surface area contributed by atoms with E-state index >= 15 is 0 Å². The highest BCUT2D eigenvalue weighted by atomic mass is 127.